The van der Waals surface area contributed by atoms with Crippen molar-refractivity contribution in [3.8, 4) is 0 Å². The second kappa shape index (κ2) is 3.15. The Kier molecular flexibility index (Phi) is 2.12. The molecule has 0 amide bonds. The zero-order chi connectivity index (χ0) is 9.42. The summed E-state index contributed by atoms with van der Waals surface area (Å²) in [7, 11) is 0. The van der Waals surface area contributed by atoms with E-state index in [1.54, 1.807) is 0 Å². The van der Waals surface area contributed by atoms with Gasteiger partial charge in [-0.1, -0.05) is 13.0 Å². The molecule has 1 aromatic carbocycles. The topological polar surface area (TPSA) is 0 Å². The van der Waals surface area contributed by atoms with Crippen molar-refractivity contribution in [3.05, 3.63) is 34.2 Å². The van der Waals surface area contributed by atoms with Crippen LogP contribution in [0.2, 0.25) is 0 Å². The lowest BCUT2D eigenvalue weighted by Gasteiger charge is -2.03. The highest BCUT2D eigenvalue weighted by Gasteiger charge is 2.04. The van der Waals surface area contributed by atoms with Gasteiger partial charge < -0.3 is 0 Å². The van der Waals surface area contributed by atoms with Gasteiger partial charge in [-0.15, -0.1) is 11.3 Å². The van der Waals surface area contributed by atoms with Crippen LogP contribution in [0.1, 0.15) is 22.9 Å². The smallest absolute Gasteiger partial charge is 0.0348 e. The fraction of sp³-hybridized carbons (Fsp3) is 0.333. The molecule has 0 aliphatic rings. The Morgan fingerprint density at radius 1 is 1.23 bits per heavy atom. The van der Waals surface area contributed by atoms with Gasteiger partial charge in [0.25, 0.3) is 0 Å². The van der Waals surface area contributed by atoms with Crippen molar-refractivity contribution in [1.82, 2.24) is 0 Å². The lowest BCUT2D eigenvalue weighted by atomic mass is 10.0. The summed E-state index contributed by atoms with van der Waals surface area (Å²) in [5.41, 5.74) is 2.94. The molecule has 2 aromatic rings. The second-order valence-electron chi connectivity index (χ2n) is 3.48. The molecule has 0 radical (unpaired) electrons. The number of aryl methyl sites for hydroxylation is 3. The zero-order valence-corrected chi connectivity index (χ0v) is 9.16. The van der Waals surface area contributed by atoms with Crippen LogP contribution < -0.4 is 0 Å². The lowest BCUT2D eigenvalue weighted by Crippen LogP contribution is -1.85. The van der Waals surface area contributed by atoms with Gasteiger partial charge in [-0.05, 0) is 48.9 Å². The molecule has 0 nitrogen and oxygen atoms in total. The molecule has 68 valence electrons. The van der Waals surface area contributed by atoms with E-state index in [2.05, 4.69) is 39.0 Å². The van der Waals surface area contributed by atoms with Gasteiger partial charge in [-0.25, -0.2) is 0 Å². The van der Waals surface area contributed by atoms with Crippen LogP contribution in [0.4, 0.5) is 0 Å². The maximum atomic E-state index is 2.31. The number of benzene rings is 1. The third-order valence-electron chi connectivity index (χ3n) is 2.52. The first kappa shape index (κ1) is 8.76. The highest BCUT2D eigenvalue weighted by atomic mass is 32.1. The normalized spacial score (nSPS) is 11.0. The molecular formula is C12H14S. The summed E-state index contributed by atoms with van der Waals surface area (Å²) in [6, 6.07) is 6.78. The SMILES string of the molecule is CCc1c(C)ccc2sc(C)cc12. The van der Waals surface area contributed by atoms with E-state index in [1.165, 1.54) is 26.1 Å². The average Bonchev–Trinajstić information content (AvgIpc) is 2.45. The van der Waals surface area contributed by atoms with Crippen LogP contribution in [0.25, 0.3) is 10.1 Å². The quantitative estimate of drug-likeness (QED) is 0.635. The summed E-state index contributed by atoms with van der Waals surface area (Å²) in [6.45, 7) is 6.61. The minimum Gasteiger partial charge on any atom is -0.141 e. The fourth-order valence-corrected chi connectivity index (χ4v) is 2.83. The predicted octanol–water partition coefficient (Wildman–Crippen LogP) is 4.08. The van der Waals surface area contributed by atoms with Gasteiger partial charge in [-0.3, -0.25) is 0 Å². The first-order valence-electron chi connectivity index (χ1n) is 4.71. The van der Waals surface area contributed by atoms with Crippen molar-refractivity contribution >= 4 is 21.4 Å². The molecule has 1 aromatic heterocycles. The molecule has 13 heavy (non-hydrogen) atoms. The molecule has 0 saturated heterocycles. The molecule has 0 saturated carbocycles. The summed E-state index contributed by atoms with van der Waals surface area (Å²) in [6.07, 6.45) is 1.14. The standard InChI is InChI=1S/C12H14S/c1-4-10-8(2)5-6-12-11(10)7-9(3)13-12/h5-7H,4H2,1-3H3. The summed E-state index contributed by atoms with van der Waals surface area (Å²) < 4.78 is 1.43. The van der Waals surface area contributed by atoms with Gasteiger partial charge in [0.1, 0.15) is 0 Å². The van der Waals surface area contributed by atoms with E-state index < -0.39 is 0 Å². The maximum absolute atomic E-state index is 2.31. The van der Waals surface area contributed by atoms with E-state index in [-0.39, 0.29) is 0 Å². The molecule has 1 heteroatoms. The number of hydrogen-bond acceptors (Lipinski definition) is 1. The van der Waals surface area contributed by atoms with E-state index in [0.717, 1.165) is 6.42 Å². The van der Waals surface area contributed by atoms with E-state index >= 15 is 0 Å². The Morgan fingerprint density at radius 2 is 2.00 bits per heavy atom. The molecule has 0 fully saturated rings. The van der Waals surface area contributed by atoms with Crippen molar-refractivity contribution in [2.24, 2.45) is 0 Å². The molecule has 0 spiro atoms. The third kappa shape index (κ3) is 1.37. The fourth-order valence-electron chi connectivity index (χ4n) is 1.87. The molecule has 1 heterocycles. The average molecular weight is 190 g/mol. The maximum Gasteiger partial charge on any atom is 0.0348 e. The highest BCUT2D eigenvalue weighted by molar-refractivity contribution is 7.19. The highest BCUT2D eigenvalue weighted by Crippen LogP contribution is 2.29. The van der Waals surface area contributed by atoms with Crippen LogP contribution >= 0.6 is 11.3 Å². The number of hydrogen-bond donors (Lipinski definition) is 0. The Balaban J connectivity index is 2.82. The summed E-state index contributed by atoms with van der Waals surface area (Å²) >= 11 is 1.89. The van der Waals surface area contributed by atoms with Crippen LogP contribution in [0, 0.1) is 13.8 Å². The Bertz CT molecular complexity index is 438. The van der Waals surface area contributed by atoms with Crippen molar-refractivity contribution in [1.29, 1.82) is 0 Å². The van der Waals surface area contributed by atoms with Gasteiger partial charge in [0.2, 0.25) is 0 Å². The van der Waals surface area contributed by atoms with Crippen molar-refractivity contribution in [2.75, 3.05) is 0 Å². The first-order valence-corrected chi connectivity index (χ1v) is 5.52. The second-order valence-corrected chi connectivity index (χ2v) is 4.77. The van der Waals surface area contributed by atoms with Crippen LogP contribution in [-0.4, -0.2) is 0 Å². The molecule has 2 rings (SSSR count). The molecule has 0 aliphatic heterocycles. The van der Waals surface area contributed by atoms with E-state index in [4.69, 9.17) is 0 Å². The largest absolute Gasteiger partial charge is 0.141 e. The Morgan fingerprint density at radius 3 is 2.69 bits per heavy atom. The van der Waals surface area contributed by atoms with Gasteiger partial charge in [-0.2, -0.15) is 0 Å². The number of rotatable bonds is 1. The van der Waals surface area contributed by atoms with Crippen molar-refractivity contribution in [3.63, 3.8) is 0 Å². The van der Waals surface area contributed by atoms with Gasteiger partial charge in [0.15, 0.2) is 0 Å². The van der Waals surface area contributed by atoms with Crippen LogP contribution in [0.3, 0.4) is 0 Å². The molecule has 0 N–H and O–H groups in total. The Labute approximate surface area is 83.2 Å². The van der Waals surface area contributed by atoms with Gasteiger partial charge in [0, 0.05) is 9.58 Å². The molecular weight excluding hydrogens is 176 g/mol. The van der Waals surface area contributed by atoms with E-state index in [1.807, 2.05) is 11.3 Å². The molecule has 0 atom stereocenters. The first-order chi connectivity index (χ1) is 6.22. The van der Waals surface area contributed by atoms with Crippen LogP contribution in [0.5, 0.6) is 0 Å². The predicted molar refractivity (Wildman–Crippen MR) is 60.7 cm³/mol. The summed E-state index contributed by atoms with van der Waals surface area (Å²) in [5, 5.41) is 1.46. The van der Waals surface area contributed by atoms with Crippen molar-refractivity contribution in [2.45, 2.75) is 27.2 Å². The van der Waals surface area contributed by atoms with E-state index in [0.29, 0.717) is 0 Å². The zero-order valence-electron chi connectivity index (χ0n) is 8.35. The molecule has 0 aliphatic carbocycles. The minimum absolute atomic E-state index is 1.14. The summed E-state index contributed by atoms with van der Waals surface area (Å²) in [4.78, 5) is 1.41. The van der Waals surface area contributed by atoms with Gasteiger partial charge in [0.05, 0.1) is 0 Å². The lowest BCUT2D eigenvalue weighted by molar-refractivity contribution is 1.13. The van der Waals surface area contributed by atoms with Crippen LogP contribution in [-0.2, 0) is 6.42 Å². The number of fused-ring (bicyclic) bond motifs is 1. The number of thiophene rings is 1. The van der Waals surface area contributed by atoms with Crippen molar-refractivity contribution < 1.29 is 0 Å². The summed E-state index contributed by atoms with van der Waals surface area (Å²) in [5.74, 6) is 0. The Hall–Kier alpha value is -0.820. The third-order valence-corrected chi connectivity index (χ3v) is 3.54. The molecule has 0 bridgehead atoms. The van der Waals surface area contributed by atoms with Gasteiger partial charge >= 0.3 is 0 Å². The van der Waals surface area contributed by atoms with Crippen LogP contribution in [0.15, 0.2) is 18.2 Å². The monoisotopic (exact) mass is 190 g/mol. The molecule has 0 unspecified atom stereocenters. The van der Waals surface area contributed by atoms with E-state index in [9.17, 15) is 0 Å². The minimum atomic E-state index is 1.14.